The van der Waals surface area contributed by atoms with E-state index in [0.717, 1.165) is 6.07 Å². The monoisotopic (exact) mass is 264 g/mol. The van der Waals surface area contributed by atoms with Gasteiger partial charge in [0.05, 0.1) is 7.11 Å². The van der Waals surface area contributed by atoms with E-state index in [1.54, 1.807) is 0 Å². The molecule has 0 radical (unpaired) electrons. The summed E-state index contributed by atoms with van der Waals surface area (Å²) < 4.78 is 36.8. The maximum Gasteiger partial charge on any atom is 0.341 e. The molecule has 2 rings (SSSR count). The van der Waals surface area contributed by atoms with Crippen LogP contribution in [0.4, 0.5) is 8.78 Å². The third-order valence-corrected chi connectivity index (χ3v) is 2.42. The van der Waals surface area contributed by atoms with Crippen LogP contribution in [0.15, 0.2) is 42.5 Å². The molecule has 98 valence electrons. The molecular formula is C14H10F2O3. The number of hydrogen-bond donors (Lipinski definition) is 0. The second kappa shape index (κ2) is 5.48. The van der Waals surface area contributed by atoms with Gasteiger partial charge in [0.15, 0.2) is 23.1 Å². The standard InChI is InChI=1S/C14H10F2O3/c1-18-14(17)9-5-4-7-11(16)13(9)19-12-8-3-2-6-10(12)15/h2-8H,1H3. The topological polar surface area (TPSA) is 35.5 Å². The van der Waals surface area contributed by atoms with Crippen molar-refractivity contribution in [3.05, 3.63) is 59.7 Å². The molecule has 0 unspecified atom stereocenters. The van der Waals surface area contributed by atoms with Gasteiger partial charge in [-0.05, 0) is 24.3 Å². The van der Waals surface area contributed by atoms with E-state index in [9.17, 15) is 13.6 Å². The van der Waals surface area contributed by atoms with Crippen molar-refractivity contribution in [3.8, 4) is 11.5 Å². The molecule has 0 heterocycles. The number of carbonyl (C=O) groups is 1. The van der Waals surface area contributed by atoms with Crippen LogP contribution < -0.4 is 4.74 Å². The first-order valence-corrected chi connectivity index (χ1v) is 5.42. The number of hydrogen-bond acceptors (Lipinski definition) is 3. The summed E-state index contributed by atoms with van der Waals surface area (Å²) in [4.78, 5) is 11.5. The minimum Gasteiger partial charge on any atom is -0.465 e. The van der Waals surface area contributed by atoms with Gasteiger partial charge in [0.1, 0.15) is 5.56 Å². The van der Waals surface area contributed by atoms with Crippen LogP contribution in [0.1, 0.15) is 10.4 Å². The Bertz CT molecular complexity index is 611. The average Bonchev–Trinajstić information content (AvgIpc) is 2.42. The highest BCUT2D eigenvalue weighted by molar-refractivity contribution is 5.92. The number of carbonyl (C=O) groups excluding carboxylic acids is 1. The molecule has 0 aromatic heterocycles. The molecule has 3 nitrogen and oxygen atoms in total. The SMILES string of the molecule is COC(=O)c1cccc(F)c1Oc1ccccc1F. The van der Waals surface area contributed by atoms with Crippen LogP contribution in [-0.4, -0.2) is 13.1 Å². The van der Waals surface area contributed by atoms with Crippen molar-refractivity contribution in [1.29, 1.82) is 0 Å². The Hall–Kier alpha value is -2.43. The van der Waals surface area contributed by atoms with Gasteiger partial charge in [-0.2, -0.15) is 0 Å². The number of halogens is 2. The summed E-state index contributed by atoms with van der Waals surface area (Å²) in [6, 6.07) is 9.32. The molecule has 0 aliphatic carbocycles. The summed E-state index contributed by atoms with van der Waals surface area (Å²) in [5.41, 5.74) is -0.106. The van der Waals surface area contributed by atoms with Gasteiger partial charge in [-0.15, -0.1) is 0 Å². The molecule has 2 aromatic rings. The van der Waals surface area contributed by atoms with Crippen molar-refractivity contribution >= 4 is 5.97 Å². The summed E-state index contributed by atoms with van der Waals surface area (Å²) in [5, 5.41) is 0. The Labute approximate surface area is 108 Å². The first-order valence-electron chi connectivity index (χ1n) is 5.42. The first kappa shape index (κ1) is 13.0. The van der Waals surface area contributed by atoms with Crippen molar-refractivity contribution in [1.82, 2.24) is 0 Å². The van der Waals surface area contributed by atoms with Gasteiger partial charge in [0.2, 0.25) is 0 Å². The van der Waals surface area contributed by atoms with E-state index in [1.165, 1.54) is 43.5 Å². The Kier molecular flexibility index (Phi) is 3.75. The fourth-order valence-electron chi connectivity index (χ4n) is 1.52. The van der Waals surface area contributed by atoms with Crippen molar-refractivity contribution in [2.75, 3.05) is 7.11 Å². The van der Waals surface area contributed by atoms with Crippen LogP contribution in [0, 0.1) is 11.6 Å². The van der Waals surface area contributed by atoms with E-state index in [1.807, 2.05) is 0 Å². The number of benzene rings is 2. The molecule has 0 amide bonds. The zero-order valence-electron chi connectivity index (χ0n) is 10.0. The summed E-state index contributed by atoms with van der Waals surface area (Å²) in [6.07, 6.45) is 0. The van der Waals surface area contributed by atoms with Gasteiger partial charge in [-0.3, -0.25) is 0 Å². The molecule has 2 aromatic carbocycles. The number of rotatable bonds is 3. The molecule has 0 aliphatic rings. The Morgan fingerprint density at radius 1 is 1.00 bits per heavy atom. The molecule has 5 heteroatoms. The fraction of sp³-hybridized carbons (Fsp3) is 0.0714. The zero-order chi connectivity index (χ0) is 13.8. The van der Waals surface area contributed by atoms with Crippen LogP contribution in [-0.2, 0) is 4.74 Å². The highest BCUT2D eigenvalue weighted by Crippen LogP contribution is 2.30. The van der Waals surface area contributed by atoms with E-state index < -0.39 is 17.6 Å². The first-order chi connectivity index (χ1) is 9.13. The molecule has 0 atom stereocenters. The molecular weight excluding hydrogens is 254 g/mol. The van der Waals surface area contributed by atoms with E-state index in [0.29, 0.717) is 0 Å². The van der Waals surface area contributed by atoms with Crippen molar-refractivity contribution in [2.45, 2.75) is 0 Å². The smallest absolute Gasteiger partial charge is 0.341 e. The summed E-state index contributed by atoms with van der Waals surface area (Å²) in [5.74, 6) is -2.71. The number of esters is 1. The fourth-order valence-corrected chi connectivity index (χ4v) is 1.52. The van der Waals surface area contributed by atoms with Crippen LogP contribution in [0.5, 0.6) is 11.5 Å². The zero-order valence-corrected chi connectivity index (χ0v) is 10.0. The third-order valence-electron chi connectivity index (χ3n) is 2.42. The number of methoxy groups -OCH3 is 1. The summed E-state index contributed by atoms with van der Waals surface area (Å²) in [6.45, 7) is 0. The molecule has 0 saturated carbocycles. The lowest BCUT2D eigenvalue weighted by Gasteiger charge is -2.11. The molecule has 0 aliphatic heterocycles. The van der Waals surface area contributed by atoms with Gasteiger partial charge in [-0.1, -0.05) is 18.2 Å². The maximum atomic E-state index is 13.7. The second-order valence-corrected chi connectivity index (χ2v) is 3.64. The highest BCUT2D eigenvalue weighted by Gasteiger charge is 2.18. The van der Waals surface area contributed by atoms with Gasteiger partial charge in [0.25, 0.3) is 0 Å². The minimum absolute atomic E-state index is 0.106. The van der Waals surface area contributed by atoms with Crippen LogP contribution >= 0.6 is 0 Å². The molecule has 0 spiro atoms. The molecule has 19 heavy (non-hydrogen) atoms. The van der Waals surface area contributed by atoms with Crippen molar-refractivity contribution in [2.24, 2.45) is 0 Å². The maximum absolute atomic E-state index is 13.7. The molecule has 0 fully saturated rings. The summed E-state index contributed by atoms with van der Waals surface area (Å²) in [7, 11) is 1.17. The van der Waals surface area contributed by atoms with Crippen LogP contribution in [0.25, 0.3) is 0 Å². The highest BCUT2D eigenvalue weighted by atomic mass is 19.1. The average molecular weight is 264 g/mol. The molecule has 0 N–H and O–H groups in total. The Morgan fingerprint density at radius 2 is 1.68 bits per heavy atom. The van der Waals surface area contributed by atoms with Crippen molar-refractivity contribution < 1.29 is 23.0 Å². The predicted molar refractivity (Wildman–Crippen MR) is 64.2 cm³/mol. The van der Waals surface area contributed by atoms with E-state index in [2.05, 4.69) is 4.74 Å². The van der Waals surface area contributed by atoms with Gasteiger partial charge < -0.3 is 9.47 Å². The number of ether oxygens (including phenoxy) is 2. The Balaban J connectivity index is 2.45. The third kappa shape index (κ3) is 2.70. The molecule has 0 saturated heterocycles. The van der Waals surface area contributed by atoms with E-state index in [4.69, 9.17) is 4.74 Å². The number of para-hydroxylation sites is 2. The molecule has 0 bridgehead atoms. The Morgan fingerprint density at radius 3 is 2.37 bits per heavy atom. The second-order valence-electron chi connectivity index (χ2n) is 3.64. The lowest BCUT2D eigenvalue weighted by atomic mass is 10.2. The largest absolute Gasteiger partial charge is 0.465 e. The van der Waals surface area contributed by atoms with E-state index >= 15 is 0 Å². The lowest BCUT2D eigenvalue weighted by molar-refractivity contribution is 0.0597. The van der Waals surface area contributed by atoms with Crippen molar-refractivity contribution in [3.63, 3.8) is 0 Å². The lowest BCUT2D eigenvalue weighted by Crippen LogP contribution is -2.05. The van der Waals surface area contributed by atoms with Gasteiger partial charge in [-0.25, -0.2) is 13.6 Å². The normalized spacial score (nSPS) is 10.1. The van der Waals surface area contributed by atoms with Crippen LogP contribution in [0.3, 0.4) is 0 Å². The minimum atomic E-state index is -0.772. The summed E-state index contributed by atoms with van der Waals surface area (Å²) >= 11 is 0. The van der Waals surface area contributed by atoms with Crippen LogP contribution in [0.2, 0.25) is 0 Å². The van der Waals surface area contributed by atoms with E-state index in [-0.39, 0.29) is 17.1 Å². The predicted octanol–water partition coefficient (Wildman–Crippen LogP) is 3.54. The van der Waals surface area contributed by atoms with Gasteiger partial charge >= 0.3 is 5.97 Å². The quantitative estimate of drug-likeness (QED) is 0.795. The van der Waals surface area contributed by atoms with Gasteiger partial charge in [0, 0.05) is 0 Å².